The minimum Gasteiger partial charge on any atom is -0.352 e. The summed E-state index contributed by atoms with van der Waals surface area (Å²) in [6, 6.07) is 5.51. The first-order valence-electron chi connectivity index (χ1n) is 7.67. The van der Waals surface area contributed by atoms with Gasteiger partial charge in [-0.25, -0.2) is 4.98 Å². The summed E-state index contributed by atoms with van der Waals surface area (Å²) in [5.74, 6) is -0.0540. The summed E-state index contributed by atoms with van der Waals surface area (Å²) in [4.78, 5) is 29.3. The van der Waals surface area contributed by atoms with Crippen LogP contribution in [-0.2, 0) is 17.8 Å². The molecule has 0 unspecified atom stereocenters. The van der Waals surface area contributed by atoms with Crippen molar-refractivity contribution < 1.29 is 9.59 Å². The van der Waals surface area contributed by atoms with Crippen molar-refractivity contribution in [1.82, 2.24) is 20.1 Å². The number of rotatable bonds is 5. The number of fused-ring (bicyclic) bond motifs is 1. The van der Waals surface area contributed by atoms with E-state index in [0.717, 1.165) is 30.6 Å². The van der Waals surface area contributed by atoms with Gasteiger partial charge in [0, 0.05) is 37.8 Å². The third-order valence-electron chi connectivity index (χ3n) is 3.93. The van der Waals surface area contributed by atoms with Gasteiger partial charge < -0.3 is 10.2 Å². The minimum absolute atomic E-state index is 0.0362. The Balaban J connectivity index is 1.55. The maximum absolute atomic E-state index is 12.2. The molecule has 2 amide bonds. The van der Waals surface area contributed by atoms with Crippen molar-refractivity contribution in [2.75, 3.05) is 18.0 Å². The highest BCUT2D eigenvalue weighted by atomic mass is 16.2. The molecule has 1 aromatic carbocycles. The van der Waals surface area contributed by atoms with Gasteiger partial charge in [0.2, 0.25) is 5.91 Å². The smallest absolute Gasteiger partial charge is 0.251 e. The molecule has 1 aromatic heterocycles. The van der Waals surface area contributed by atoms with Crippen molar-refractivity contribution in [3.63, 3.8) is 0 Å². The Hall–Kier alpha value is -2.70. The van der Waals surface area contributed by atoms with E-state index in [2.05, 4.69) is 15.4 Å². The molecule has 1 N–H and O–H groups in total. The molecular weight excluding hydrogens is 294 g/mol. The van der Waals surface area contributed by atoms with Crippen LogP contribution in [0, 0.1) is 0 Å². The van der Waals surface area contributed by atoms with Gasteiger partial charge in [-0.05, 0) is 36.6 Å². The zero-order chi connectivity index (χ0) is 16.2. The van der Waals surface area contributed by atoms with Gasteiger partial charge in [0.15, 0.2) is 0 Å². The highest BCUT2D eigenvalue weighted by Crippen LogP contribution is 2.28. The van der Waals surface area contributed by atoms with Crippen LogP contribution in [-0.4, -0.2) is 39.7 Å². The first kappa shape index (κ1) is 15.2. The Bertz CT molecular complexity index is 711. The first-order chi connectivity index (χ1) is 11.1. The van der Waals surface area contributed by atoms with Gasteiger partial charge in [0.1, 0.15) is 12.7 Å². The van der Waals surface area contributed by atoms with Crippen molar-refractivity contribution >= 4 is 17.5 Å². The zero-order valence-corrected chi connectivity index (χ0v) is 13.0. The predicted molar refractivity (Wildman–Crippen MR) is 85.1 cm³/mol. The molecule has 0 saturated heterocycles. The fraction of sp³-hybridized carbons (Fsp3) is 0.375. The second-order valence-corrected chi connectivity index (χ2v) is 5.53. The fourth-order valence-corrected chi connectivity index (χ4v) is 2.76. The Morgan fingerprint density at radius 1 is 1.35 bits per heavy atom. The van der Waals surface area contributed by atoms with Crippen molar-refractivity contribution in [2.24, 2.45) is 0 Å². The summed E-state index contributed by atoms with van der Waals surface area (Å²) >= 11 is 0. The molecule has 7 nitrogen and oxygen atoms in total. The van der Waals surface area contributed by atoms with E-state index in [1.807, 2.05) is 12.1 Å². The van der Waals surface area contributed by atoms with Crippen LogP contribution in [0.1, 0.15) is 29.3 Å². The number of anilines is 1. The molecule has 0 fully saturated rings. The van der Waals surface area contributed by atoms with Crippen molar-refractivity contribution in [1.29, 1.82) is 0 Å². The summed E-state index contributed by atoms with van der Waals surface area (Å²) < 4.78 is 1.73. The van der Waals surface area contributed by atoms with Gasteiger partial charge in [-0.3, -0.25) is 14.3 Å². The normalized spacial score (nSPS) is 13.0. The molecule has 0 bridgehead atoms. The largest absolute Gasteiger partial charge is 0.352 e. The zero-order valence-electron chi connectivity index (χ0n) is 13.0. The molecule has 120 valence electrons. The Labute approximate surface area is 134 Å². The van der Waals surface area contributed by atoms with E-state index >= 15 is 0 Å². The number of benzene rings is 1. The van der Waals surface area contributed by atoms with Gasteiger partial charge in [0.25, 0.3) is 5.91 Å². The highest BCUT2D eigenvalue weighted by Gasteiger charge is 2.22. The summed E-state index contributed by atoms with van der Waals surface area (Å²) in [5, 5.41) is 6.92. The van der Waals surface area contributed by atoms with Gasteiger partial charge in [0.05, 0.1) is 0 Å². The lowest BCUT2D eigenvalue weighted by atomic mass is 10.1. The second kappa shape index (κ2) is 6.60. The average molecular weight is 313 g/mol. The van der Waals surface area contributed by atoms with E-state index in [9.17, 15) is 9.59 Å². The number of nitrogens with one attached hydrogen (secondary N) is 1. The third-order valence-corrected chi connectivity index (χ3v) is 3.93. The third kappa shape index (κ3) is 3.39. The molecule has 0 spiro atoms. The van der Waals surface area contributed by atoms with Crippen LogP contribution in [0.3, 0.4) is 0 Å². The Morgan fingerprint density at radius 3 is 2.96 bits per heavy atom. The lowest BCUT2D eigenvalue weighted by Crippen LogP contribution is -2.26. The van der Waals surface area contributed by atoms with Crippen LogP contribution in [0.4, 0.5) is 5.69 Å². The summed E-state index contributed by atoms with van der Waals surface area (Å²) in [6.07, 6.45) is 4.73. The van der Waals surface area contributed by atoms with Crippen LogP contribution in [0.2, 0.25) is 0 Å². The highest BCUT2D eigenvalue weighted by molar-refractivity contribution is 5.97. The quantitative estimate of drug-likeness (QED) is 0.835. The van der Waals surface area contributed by atoms with Crippen molar-refractivity contribution in [3.8, 4) is 0 Å². The average Bonchev–Trinajstić information content (AvgIpc) is 3.19. The summed E-state index contributed by atoms with van der Waals surface area (Å²) in [5.41, 5.74) is 2.60. The number of nitrogens with zero attached hydrogens (tertiary/aromatic N) is 4. The number of amides is 2. The van der Waals surface area contributed by atoms with Gasteiger partial charge in [-0.2, -0.15) is 5.10 Å². The molecule has 2 aromatic rings. The van der Waals surface area contributed by atoms with E-state index in [4.69, 9.17) is 0 Å². The molecule has 0 radical (unpaired) electrons. The van der Waals surface area contributed by atoms with Crippen LogP contribution >= 0.6 is 0 Å². The Kier molecular flexibility index (Phi) is 4.36. The molecule has 0 saturated carbocycles. The van der Waals surface area contributed by atoms with E-state index < -0.39 is 0 Å². The van der Waals surface area contributed by atoms with Crippen LogP contribution in [0.5, 0.6) is 0 Å². The molecule has 1 aliphatic rings. The molecule has 0 aliphatic carbocycles. The van der Waals surface area contributed by atoms with Crippen molar-refractivity contribution in [2.45, 2.75) is 26.3 Å². The maximum atomic E-state index is 12.2. The van der Waals surface area contributed by atoms with Gasteiger partial charge in [-0.1, -0.05) is 0 Å². The molecule has 7 heteroatoms. The number of hydrogen-bond donors (Lipinski definition) is 1. The molecule has 23 heavy (non-hydrogen) atoms. The van der Waals surface area contributed by atoms with Crippen LogP contribution < -0.4 is 10.2 Å². The molecule has 1 aliphatic heterocycles. The van der Waals surface area contributed by atoms with Crippen LogP contribution in [0.25, 0.3) is 0 Å². The monoisotopic (exact) mass is 313 g/mol. The molecular formula is C16H19N5O2. The summed E-state index contributed by atoms with van der Waals surface area (Å²) in [7, 11) is 0. The van der Waals surface area contributed by atoms with Crippen LogP contribution in [0.15, 0.2) is 30.9 Å². The minimum atomic E-state index is -0.0901. The van der Waals surface area contributed by atoms with Gasteiger partial charge >= 0.3 is 0 Å². The van der Waals surface area contributed by atoms with E-state index in [1.165, 1.54) is 6.33 Å². The second-order valence-electron chi connectivity index (χ2n) is 5.53. The topological polar surface area (TPSA) is 80.1 Å². The predicted octanol–water partition coefficient (Wildman–Crippen LogP) is 1.01. The fourth-order valence-electron chi connectivity index (χ4n) is 2.76. The lowest BCUT2D eigenvalue weighted by Gasteiger charge is -2.14. The van der Waals surface area contributed by atoms with E-state index in [0.29, 0.717) is 18.7 Å². The van der Waals surface area contributed by atoms with Crippen molar-refractivity contribution in [3.05, 3.63) is 42.0 Å². The lowest BCUT2D eigenvalue weighted by molar-refractivity contribution is -0.116. The molecule has 2 heterocycles. The number of hydrogen-bond acceptors (Lipinski definition) is 4. The summed E-state index contributed by atoms with van der Waals surface area (Å²) in [6.45, 7) is 3.55. The first-order valence-corrected chi connectivity index (χ1v) is 7.67. The van der Waals surface area contributed by atoms with E-state index in [-0.39, 0.29) is 11.8 Å². The van der Waals surface area contributed by atoms with E-state index in [1.54, 1.807) is 28.9 Å². The van der Waals surface area contributed by atoms with Gasteiger partial charge in [-0.15, -0.1) is 0 Å². The SMILES string of the molecule is CC(=O)N1CCc2cc(C(=O)NCCCn3cncn3)ccc21. The number of carbonyl (C=O) groups is 2. The number of carbonyl (C=O) groups excluding carboxylic acids is 2. The maximum Gasteiger partial charge on any atom is 0.251 e. The standard InChI is InChI=1S/C16H19N5O2/c1-12(22)21-8-5-13-9-14(3-4-15(13)21)16(23)18-6-2-7-20-11-17-10-19-20/h3-4,9-11H,2,5-8H2,1H3,(H,18,23). The molecule has 0 atom stereocenters. The Morgan fingerprint density at radius 2 is 2.22 bits per heavy atom. The molecule has 3 rings (SSSR count). The number of aromatic nitrogens is 3. The number of aryl methyl sites for hydroxylation is 1.